The van der Waals surface area contributed by atoms with E-state index in [-0.39, 0.29) is 12.1 Å². The van der Waals surface area contributed by atoms with E-state index in [9.17, 15) is 8.42 Å². The number of nitrogens with two attached hydrogens (primary N) is 1. The van der Waals surface area contributed by atoms with Crippen LogP contribution in [0.4, 0.5) is 0 Å². The Hall–Kier alpha value is -0.950. The lowest BCUT2D eigenvalue weighted by atomic mass is 10.1. The number of rotatable bonds is 4. The monoisotopic (exact) mass is 298 g/mol. The molecule has 1 saturated heterocycles. The first-order valence-electron chi connectivity index (χ1n) is 6.79. The van der Waals surface area contributed by atoms with E-state index in [0.717, 1.165) is 16.7 Å². The van der Waals surface area contributed by atoms with Crippen molar-refractivity contribution in [2.24, 2.45) is 5.73 Å². The Morgan fingerprint density at radius 2 is 2.10 bits per heavy atom. The summed E-state index contributed by atoms with van der Waals surface area (Å²) in [6.45, 7) is 6.52. The van der Waals surface area contributed by atoms with Crippen LogP contribution in [-0.2, 0) is 21.3 Å². The van der Waals surface area contributed by atoms with Crippen molar-refractivity contribution < 1.29 is 13.2 Å². The fourth-order valence-corrected chi connectivity index (χ4v) is 4.15. The third-order valence-electron chi connectivity index (χ3n) is 3.89. The molecule has 0 spiro atoms. The molecular weight excluding hydrogens is 276 g/mol. The summed E-state index contributed by atoms with van der Waals surface area (Å²) in [5.41, 5.74) is 8.15. The summed E-state index contributed by atoms with van der Waals surface area (Å²) in [4.78, 5) is 0.317. The molecule has 1 aliphatic heterocycles. The highest BCUT2D eigenvalue weighted by atomic mass is 32.2. The summed E-state index contributed by atoms with van der Waals surface area (Å²) in [7, 11) is -3.55. The van der Waals surface area contributed by atoms with Crippen LogP contribution in [0.3, 0.4) is 0 Å². The van der Waals surface area contributed by atoms with Gasteiger partial charge in [0, 0.05) is 13.2 Å². The van der Waals surface area contributed by atoms with Crippen LogP contribution in [0.15, 0.2) is 17.0 Å². The molecule has 20 heavy (non-hydrogen) atoms. The Kier molecular flexibility index (Phi) is 4.49. The standard InChI is InChI=1S/C14H22N2O3S/c1-9-6-12(8-15)7-14(10(9)2)20(17,18)16-13-4-5-19-11(13)3/h6-7,11,13,16H,4-5,8,15H2,1-3H3. The van der Waals surface area contributed by atoms with Gasteiger partial charge < -0.3 is 10.5 Å². The van der Waals surface area contributed by atoms with Gasteiger partial charge in [0.15, 0.2) is 0 Å². The van der Waals surface area contributed by atoms with E-state index < -0.39 is 10.0 Å². The SMILES string of the molecule is Cc1cc(CN)cc(S(=O)(=O)NC2CCOC2C)c1C. The summed E-state index contributed by atoms with van der Waals surface area (Å²) in [6.07, 6.45) is 0.610. The average Bonchev–Trinajstić information content (AvgIpc) is 2.77. The minimum absolute atomic E-state index is 0.0936. The molecule has 1 fully saturated rings. The van der Waals surface area contributed by atoms with Crippen molar-refractivity contribution in [1.82, 2.24) is 4.72 Å². The summed E-state index contributed by atoms with van der Waals surface area (Å²) < 4.78 is 33.3. The molecule has 2 rings (SSSR count). The molecule has 0 saturated carbocycles. The van der Waals surface area contributed by atoms with Crippen molar-refractivity contribution >= 4 is 10.0 Å². The maximum Gasteiger partial charge on any atom is 0.241 e. The number of sulfonamides is 1. The van der Waals surface area contributed by atoms with Crippen molar-refractivity contribution in [2.75, 3.05) is 6.61 Å². The molecule has 0 aliphatic carbocycles. The van der Waals surface area contributed by atoms with Crippen LogP contribution in [-0.4, -0.2) is 27.2 Å². The molecular formula is C14H22N2O3S. The predicted molar refractivity (Wildman–Crippen MR) is 77.9 cm³/mol. The fourth-order valence-electron chi connectivity index (χ4n) is 2.45. The van der Waals surface area contributed by atoms with E-state index in [1.807, 2.05) is 26.8 Å². The molecule has 6 heteroatoms. The number of aryl methyl sites for hydroxylation is 1. The largest absolute Gasteiger partial charge is 0.377 e. The molecule has 1 aromatic rings. The summed E-state index contributed by atoms with van der Waals surface area (Å²) in [5.74, 6) is 0. The number of nitrogens with one attached hydrogen (secondary N) is 1. The maximum absolute atomic E-state index is 12.6. The van der Waals surface area contributed by atoms with Crippen LogP contribution < -0.4 is 10.5 Å². The van der Waals surface area contributed by atoms with Crippen LogP contribution >= 0.6 is 0 Å². The highest BCUT2D eigenvalue weighted by Gasteiger charge is 2.30. The lowest BCUT2D eigenvalue weighted by molar-refractivity contribution is 0.117. The van der Waals surface area contributed by atoms with E-state index in [4.69, 9.17) is 10.5 Å². The van der Waals surface area contributed by atoms with Gasteiger partial charge in [-0.15, -0.1) is 0 Å². The van der Waals surface area contributed by atoms with Crippen LogP contribution in [0.2, 0.25) is 0 Å². The molecule has 3 N–H and O–H groups in total. The van der Waals surface area contributed by atoms with Crippen LogP contribution in [0.25, 0.3) is 0 Å². The van der Waals surface area contributed by atoms with Crippen molar-refractivity contribution in [2.45, 2.75) is 50.8 Å². The Balaban J connectivity index is 2.36. The molecule has 1 aromatic carbocycles. The van der Waals surface area contributed by atoms with E-state index in [2.05, 4.69) is 4.72 Å². The van der Waals surface area contributed by atoms with Crippen molar-refractivity contribution in [3.05, 3.63) is 28.8 Å². The topological polar surface area (TPSA) is 81.4 Å². The second kappa shape index (κ2) is 5.81. The first-order chi connectivity index (χ1) is 9.35. The smallest absolute Gasteiger partial charge is 0.241 e. The van der Waals surface area contributed by atoms with Gasteiger partial charge in [-0.1, -0.05) is 6.07 Å². The fraction of sp³-hybridized carbons (Fsp3) is 0.571. The van der Waals surface area contributed by atoms with Gasteiger partial charge in [-0.2, -0.15) is 0 Å². The van der Waals surface area contributed by atoms with Crippen LogP contribution in [0, 0.1) is 13.8 Å². The highest BCUT2D eigenvalue weighted by molar-refractivity contribution is 7.89. The number of hydrogen-bond donors (Lipinski definition) is 2. The average molecular weight is 298 g/mol. The molecule has 0 aromatic heterocycles. The molecule has 1 heterocycles. The highest BCUT2D eigenvalue weighted by Crippen LogP contribution is 2.23. The Morgan fingerprint density at radius 3 is 2.65 bits per heavy atom. The van der Waals surface area contributed by atoms with Gasteiger partial charge in [-0.25, -0.2) is 13.1 Å². The zero-order valence-electron chi connectivity index (χ0n) is 12.1. The van der Waals surface area contributed by atoms with Gasteiger partial charge >= 0.3 is 0 Å². The Bertz CT molecular complexity index is 599. The lowest BCUT2D eigenvalue weighted by Gasteiger charge is -2.18. The molecule has 5 nitrogen and oxygen atoms in total. The van der Waals surface area contributed by atoms with Crippen molar-refractivity contribution in [3.8, 4) is 0 Å². The molecule has 0 radical (unpaired) electrons. The quantitative estimate of drug-likeness (QED) is 0.875. The molecule has 2 atom stereocenters. The summed E-state index contributed by atoms with van der Waals surface area (Å²) in [5, 5.41) is 0. The molecule has 0 bridgehead atoms. The van der Waals surface area contributed by atoms with Gasteiger partial charge in [0.25, 0.3) is 0 Å². The van der Waals surface area contributed by atoms with E-state index in [0.29, 0.717) is 24.5 Å². The van der Waals surface area contributed by atoms with E-state index in [1.54, 1.807) is 6.07 Å². The van der Waals surface area contributed by atoms with Gasteiger partial charge in [0.05, 0.1) is 17.0 Å². The van der Waals surface area contributed by atoms with Gasteiger partial charge in [0.2, 0.25) is 10.0 Å². The number of hydrogen-bond acceptors (Lipinski definition) is 4. The first kappa shape index (κ1) is 15.4. The van der Waals surface area contributed by atoms with Crippen LogP contribution in [0.5, 0.6) is 0 Å². The van der Waals surface area contributed by atoms with Crippen molar-refractivity contribution in [1.29, 1.82) is 0 Å². The summed E-state index contributed by atoms with van der Waals surface area (Å²) in [6, 6.07) is 3.42. The second-order valence-corrected chi connectivity index (χ2v) is 7.01. The van der Waals surface area contributed by atoms with Gasteiger partial charge in [-0.3, -0.25) is 0 Å². The lowest BCUT2D eigenvalue weighted by Crippen LogP contribution is -2.39. The zero-order chi connectivity index (χ0) is 14.9. The normalized spacial score (nSPS) is 23.2. The molecule has 0 amide bonds. The minimum Gasteiger partial charge on any atom is -0.377 e. The second-order valence-electron chi connectivity index (χ2n) is 5.33. The van der Waals surface area contributed by atoms with Gasteiger partial charge in [-0.05, 0) is 49.9 Å². The van der Waals surface area contributed by atoms with E-state index >= 15 is 0 Å². The predicted octanol–water partition coefficient (Wildman–Crippen LogP) is 1.22. The first-order valence-corrected chi connectivity index (χ1v) is 8.27. The Labute approximate surface area is 120 Å². The number of benzene rings is 1. The zero-order valence-corrected chi connectivity index (χ0v) is 13.0. The Morgan fingerprint density at radius 1 is 1.40 bits per heavy atom. The molecule has 1 aliphatic rings. The molecule has 112 valence electrons. The van der Waals surface area contributed by atoms with Crippen molar-refractivity contribution in [3.63, 3.8) is 0 Å². The molecule has 2 unspecified atom stereocenters. The minimum atomic E-state index is -3.55. The van der Waals surface area contributed by atoms with E-state index in [1.165, 1.54) is 0 Å². The number of ether oxygens (including phenoxy) is 1. The third-order valence-corrected chi connectivity index (χ3v) is 5.50. The maximum atomic E-state index is 12.6. The summed E-state index contributed by atoms with van der Waals surface area (Å²) >= 11 is 0. The third kappa shape index (κ3) is 3.03. The van der Waals surface area contributed by atoms with Gasteiger partial charge in [0.1, 0.15) is 0 Å². The van der Waals surface area contributed by atoms with Crippen LogP contribution in [0.1, 0.15) is 30.0 Å².